The van der Waals surface area contributed by atoms with Crippen LogP contribution in [0.15, 0.2) is 0 Å². The number of nitrogens with one attached hydrogen (secondary N) is 1. The fraction of sp³-hybridized carbons (Fsp3) is 1.00. The minimum atomic E-state index is 0.142. The summed E-state index contributed by atoms with van der Waals surface area (Å²) in [5, 5.41) is 3.57. The SMILES string of the molecule is CCNC(C(C)CCOC)C(OC)C(C)(C)C. The zero-order valence-electron chi connectivity index (χ0n) is 12.7. The Bertz CT molecular complexity index is 189. The van der Waals surface area contributed by atoms with E-state index in [9.17, 15) is 0 Å². The highest BCUT2D eigenvalue weighted by atomic mass is 16.5. The van der Waals surface area contributed by atoms with Gasteiger partial charge in [-0.15, -0.1) is 0 Å². The van der Waals surface area contributed by atoms with Crippen molar-refractivity contribution in [3.8, 4) is 0 Å². The topological polar surface area (TPSA) is 30.5 Å². The molecule has 0 bridgehead atoms. The molecule has 0 spiro atoms. The maximum Gasteiger partial charge on any atom is 0.0774 e. The zero-order chi connectivity index (χ0) is 13.5. The number of rotatable bonds is 8. The molecular formula is C14H31NO2. The van der Waals surface area contributed by atoms with Crippen LogP contribution in [0.3, 0.4) is 0 Å². The van der Waals surface area contributed by atoms with Crippen LogP contribution in [-0.2, 0) is 9.47 Å². The van der Waals surface area contributed by atoms with E-state index in [2.05, 4.69) is 39.9 Å². The summed E-state index contributed by atoms with van der Waals surface area (Å²) < 4.78 is 10.9. The molecule has 0 aromatic carbocycles. The van der Waals surface area contributed by atoms with Gasteiger partial charge in [0.1, 0.15) is 0 Å². The van der Waals surface area contributed by atoms with Gasteiger partial charge >= 0.3 is 0 Å². The van der Waals surface area contributed by atoms with Gasteiger partial charge in [-0.2, -0.15) is 0 Å². The highest BCUT2D eigenvalue weighted by Crippen LogP contribution is 2.28. The van der Waals surface area contributed by atoms with Crippen molar-refractivity contribution in [1.82, 2.24) is 5.32 Å². The van der Waals surface area contributed by atoms with Crippen LogP contribution in [0, 0.1) is 11.3 Å². The molecule has 0 aliphatic heterocycles. The number of ether oxygens (including phenoxy) is 2. The molecule has 0 heterocycles. The molecule has 0 saturated heterocycles. The molecule has 0 fully saturated rings. The van der Waals surface area contributed by atoms with Crippen LogP contribution in [0.5, 0.6) is 0 Å². The van der Waals surface area contributed by atoms with E-state index in [1.165, 1.54) is 0 Å². The summed E-state index contributed by atoms with van der Waals surface area (Å²) in [6.45, 7) is 12.9. The Kier molecular flexibility index (Phi) is 8.01. The molecule has 0 aliphatic rings. The van der Waals surface area contributed by atoms with Crippen LogP contribution >= 0.6 is 0 Å². The molecule has 17 heavy (non-hydrogen) atoms. The molecule has 3 heteroatoms. The van der Waals surface area contributed by atoms with E-state index in [1.54, 1.807) is 7.11 Å². The third-order valence-electron chi connectivity index (χ3n) is 3.26. The quantitative estimate of drug-likeness (QED) is 0.713. The van der Waals surface area contributed by atoms with Gasteiger partial charge < -0.3 is 14.8 Å². The Morgan fingerprint density at radius 3 is 2.12 bits per heavy atom. The average molecular weight is 245 g/mol. The molecule has 0 radical (unpaired) electrons. The lowest BCUT2D eigenvalue weighted by Crippen LogP contribution is -2.51. The van der Waals surface area contributed by atoms with E-state index in [1.807, 2.05) is 7.11 Å². The lowest BCUT2D eigenvalue weighted by molar-refractivity contribution is -0.0271. The van der Waals surface area contributed by atoms with E-state index >= 15 is 0 Å². The fourth-order valence-corrected chi connectivity index (χ4v) is 2.36. The van der Waals surface area contributed by atoms with Crippen molar-refractivity contribution in [2.24, 2.45) is 11.3 Å². The third-order valence-corrected chi connectivity index (χ3v) is 3.26. The summed E-state index contributed by atoms with van der Waals surface area (Å²) in [5.74, 6) is 0.541. The van der Waals surface area contributed by atoms with E-state index in [4.69, 9.17) is 9.47 Å². The van der Waals surface area contributed by atoms with Crippen LogP contribution in [0.25, 0.3) is 0 Å². The predicted octanol–water partition coefficient (Wildman–Crippen LogP) is 2.70. The van der Waals surface area contributed by atoms with Gasteiger partial charge in [0.05, 0.1) is 6.10 Å². The lowest BCUT2D eigenvalue weighted by atomic mass is 9.79. The van der Waals surface area contributed by atoms with Gasteiger partial charge in [0.2, 0.25) is 0 Å². The molecule has 0 aromatic heterocycles. The molecule has 0 aromatic rings. The van der Waals surface area contributed by atoms with Gasteiger partial charge in [-0.05, 0) is 24.3 Å². The van der Waals surface area contributed by atoms with Crippen molar-refractivity contribution in [1.29, 1.82) is 0 Å². The second-order valence-electron chi connectivity index (χ2n) is 5.86. The zero-order valence-corrected chi connectivity index (χ0v) is 12.7. The molecule has 0 aliphatic carbocycles. The molecule has 3 atom stereocenters. The molecule has 0 saturated carbocycles. The summed E-state index contributed by atoms with van der Waals surface area (Å²) in [4.78, 5) is 0. The summed E-state index contributed by atoms with van der Waals surface area (Å²) in [6.07, 6.45) is 1.28. The second kappa shape index (κ2) is 8.06. The minimum Gasteiger partial charge on any atom is -0.385 e. The Morgan fingerprint density at radius 1 is 1.18 bits per heavy atom. The molecule has 0 amide bonds. The first-order chi connectivity index (χ1) is 7.88. The van der Waals surface area contributed by atoms with E-state index < -0.39 is 0 Å². The summed E-state index contributed by atoms with van der Waals surface area (Å²) >= 11 is 0. The van der Waals surface area contributed by atoms with E-state index in [-0.39, 0.29) is 11.5 Å². The van der Waals surface area contributed by atoms with Crippen molar-refractivity contribution in [3.63, 3.8) is 0 Å². The highest BCUT2D eigenvalue weighted by Gasteiger charge is 2.34. The van der Waals surface area contributed by atoms with Crippen molar-refractivity contribution in [2.75, 3.05) is 27.4 Å². The van der Waals surface area contributed by atoms with Crippen LogP contribution in [0.1, 0.15) is 41.0 Å². The second-order valence-corrected chi connectivity index (χ2v) is 5.86. The monoisotopic (exact) mass is 245 g/mol. The number of hydrogen-bond donors (Lipinski definition) is 1. The van der Waals surface area contributed by atoms with Crippen LogP contribution in [0.2, 0.25) is 0 Å². The van der Waals surface area contributed by atoms with Gasteiger partial charge in [-0.1, -0.05) is 34.6 Å². The molecular weight excluding hydrogens is 214 g/mol. The third kappa shape index (κ3) is 5.84. The number of likely N-dealkylation sites (N-methyl/N-ethyl adjacent to an activating group) is 1. The normalized spacial score (nSPS) is 17.8. The maximum absolute atomic E-state index is 5.73. The molecule has 3 nitrogen and oxygen atoms in total. The van der Waals surface area contributed by atoms with Gasteiger partial charge in [0.25, 0.3) is 0 Å². The smallest absolute Gasteiger partial charge is 0.0774 e. The summed E-state index contributed by atoms with van der Waals surface area (Å²) in [5.41, 5.74) is 0.142. The Morgan fingerprint density at radius 2 is 1.76 bits per heavy atom. The average Bonchev–Trinajstić information content (AvgIpc) is 2.23. The van der Waals surface area contributed by atoms with Gasteiger partial charge in [-0.3, -0.25) is 0 Å². The van der Waals surface area contributed by atoms with Crippen molar-refractivity contribution < 1.29 is 9.47 Å². The van der Waals surface area contributed by atoms with Crippen molar-refractivity contribution in [2.45, 2.75) is 53.2 Å². The fourth-order valence-electron chi connectivity index (χ4n) is 2.36. The van der Waals surface area contributed by atoms with Gasteiger partial charge in [0, 0.05) is 26.9 Å². The maximum atomic E-state index is 5.73. The van der Waals surface area contributed by atoms with Crippen molar-refractivity contribution in [3.05, 3.63) is 0 Å². The molecule has 3 unspecified atom stereocenters. The van der Waals surface area contributed by atoms with Gasteiger partial charge in [-0.25, -0.2) is 0 Å². The standard InChI is InChI=1S/C14H31NO2/c1-8-15-12(11(2)9-10-16-6)13(17-7)14(3,4)5/h11-13,15H,8-10H2,1-7H3. The lowest BCUT2D eigenvalue weighted by Gasteiger charge is -2.39. The van der Waals surface area contributed by atoms with Crippen LogP contribution in [0.4, 0.5) is 0 Å². The van der Waals surface area contributed by atoms with Gasteiger partial charge in [0.15, 0.2) is 0 Å². The van der Waals surface area contributed by atoms with E-state index in [0.717, 1.165) is 19.6 Å². The molecule has 0 rings (SSSR count). The number of methoxy groups -OCH3 is 2. The van der Waals surface area contributed by atoms with Crippen molar-refractivity contribution >= 4 is 0 Å². The van der Waals surface area contributed by atoms with E-state index in [0.29, 0.717) is 12.0 Å². The summed E-state index contributed by atoms with van der Waals surface area (Å²) in [7, 11) is 3.57. The van der Waals surface area contributed by atoms with Crippen LogP contribution < -0.4 is 5.32 Å². The predicted molar refractivity (Wildman–Crippen MR) is 73.4 cm³/mol. The first-order valence-corrected chi connectivity index (χ1v) is 6.63. The minimum absolute atomic E-state index is 0.142. The molecule has 1 N–H and O–H groups in total. The Balaban J connectivity index is 4.67. The first kappa shape index (κ1) is 16.9. The molecule has 104 valence electrons. The first-order valence-electron chi connectivity index (χ1n) is 6.63. The highest BCUT2D eigenvalue weighted by molar-refractivity contribution is 4.89. The summed E-state index contributed by atoms with van der Waals surface area (Å²) in [6, 6.07) is 0.375. The largest absolute Gasteiger partial charge is 0.385 e. The number of hydrogen-bond acceptors (Lipinski definition) is 3. The van der Waals surface area contributed by atoms with Crippen LogP contribution in [-0.4, -0.2) is 39.5 Å². The Hall–Kier alpha value is -0.120. The Labute approximate surface area is 107 Å².